The molecule has 1 fully saturated rings. The third-order valence-electron chi connectivity index (χ3n) is 6.06. The predicted octanol–water partition coefficient (Wildman–Crippen LogP) is 1.14. The zero-order valence-corrected chi connectivity index (χ0v) is 18.3. The van der Waals surface area contributed by atoms with Crippen LogP contribution >= 0.6 is 0 Å². The molecule has 2 aromatic carbocycles. The van der Waals surface area contributed by atoms with E-state index >= 15 is 0 Å². The molecule has 1 aromatic heterocycles. The number of hydrogen-bond acceptors (Lipinski definition) is 7. The van der Waals surface area contributed by atoms with Gasteiger partial charge in [-0.25, -0.2) is 4.68 Å². The number of aliphatic hydroxyl groups excluding tert-OH is 1. The van der Waals surface area contributed by atoms with Gasteiger partial charge in [-0.15, -0.1) is 5.10 Å². The number of nitrogens with zero attached hydrogens (tertiary/aromatic N) is 4. The number of rotatable bonds is 7. The molecule has 0 radical (unpaired) electrons. The lowest BCUT2D eigenvalue weighted by atomic mass is 10.0. The summed E-state index contributed by atoms with van der Waals surface area (Å²) in [6.07, 6.45) is 2.89. The van der Waals surface area contributed by atoms with Crippen molar-refractivity contribution in [2.75, 3.05) is 6.61 Å². The lowest BCUT2D eigenvalue weighted by Crippen LogP contribution is -2.52. The van der Waals surface area contributed by atoms with Gasteiger partial charge in [0.2, 0.25) is 11.8 Å². The second kappa shape index (κ2) is 9.06. The fraction of sp³-hybridized carbons (Fsp3) is 0.292. The van der Waals surface area contributed by atoms with Gasteiger partial charge in [-0.1, -0.05) is 23.4 Å². The lowest BCUT2D eigenvalue weighted by Gasteiger charge is -2.29. The summed E-state index contributed by atoms with van der Waals surface area (Å²) in [5.41, 5.74) is 3.70. The SMILES string of the molecule is O=C1CCC(N2Cc3c(OCc4cn(-c5ccc(CCO)cc5)nn4)cccc3C2=O)C(=O)N1. The van der Waals surface area contributed by atoms with Gasteiger partial charge in [-0.2, -0.15) is 0 Å². The minimum absolute atomic E-state index is 0.101. The van der Waals surface area contributed by atoms with Crippen LogP contribution in [0.3, 0.4) is 0 Å². The normalized spacial score (nSPS) is 17.6. The summed E-state index contributed by atoms with van der Waals surface area (Å²) < 4.78 is 7.63. The summed E-state index contributed by atoms with van der Waals surface area (Å²) in [5, 5.41) is 19.7. The maximum absolute atomic E-state index is 12.9. The number of aliphatic hydroxyl groups is 1. The van der Waals surface area contributed by atoms with Crippen molar-refractivity contribution < 1.29 is 24.2 Å². The van der Waals surface area contributed by atoms with Gasteiger partial charge in [0.05, 0.1) is 18.4 Å². The van der Waals surface area contributed by atoms with Crippen LogP contribution in [0.1, 0.15) is 40.0 Å². The molecule has 1 atom stereocenters. The van der Waals surface area contributed by atoms with Crippen molar-refractivity contribution in [3.05, 3.63) is 71.0 Å². The Bertz CT molecular complexity index is 1250. The third-order valence-corrected chi connectivity index (χ3v) is 6.06. The van der Waals surface area contributed by atoms with Gasteiger partial charge in [0, 0.05) is 24.2 Å². The molecular weight excluding hydrogens is 438 g/mol. The highest BCUT2D eigenvalue weighted by atomic mass is 16.5. The molecule has 0 aliphatic carbocycles. The van der Waals surface area contributed by atoms with Crippen molar-refractivity contribution >= 4 is 17.7 Å². The number of piperidine rings is 1. The highest BCUT2D eigenvalue weighted by Crippen LogP contribution is 2.33. The van der Waals surface area contributed by atoms with E-state index in [0.717, 1.165) is 11.3 Å². The average molecular weight is 461 g/mol. The van der Waals surface area contributed by atoms with Crippen LogP contribution in [-0.4, -0.2) is 55.4 Å². The second-order valence-corrected chi connectivity index (χ2v) is 8.27. The highest BCUT2D eigenvalue weighted by molar-refractivity contribution is 6.05. The van der Waals surface area contributed by atoms with Crippen molar-refractivity contribution in [2.45, 2.75) is 38.5 Å². The number of fused-ring (bicyclic) bond motifs is 1. The van der Waals surface area contributed by atoms with Crippen LogP contribution in [0.15, 0.2) is 48.7 Å². The van der Waals surface area contributed by atoms with Gasteiger partial charge < -0.3 is 14.7 Å². The molecule has 3 heterocycles. The number of imide groups is 1. The average Bonchev–Trinajstić information content (AvgIpc) is 3.44. The topological polar surface area (TPSA) is 127 Å². The zero-order valence-electron chi connectivity index (χ0n) is 18.3. The van der Waals surface area contributed by atoms with E-state index in [0.29, 0.717) is 35.4 Å². The zero-order chi connectivity index (χ0) is 23.7. The van der Waals surface area contributed by atoms with Gasteiger partial charge in [-0.3, -0.25) is 19.7 Å². The van der Waals surface area contributed by atoms with Crippen LogP contribution in [0, 0.1) is 0 Å². The molecule has 2 aliphatic heterocycles. The highest BCUT2D eigenvalue weighted by Gasteiger charge is 2.40. The van der Waals surface area contributed by atoms with Crippen LogP contribution < -0.4 is 10.1 Å². The van der Waals surface area contributed by atoms with Crippen molar-refractivity contribution in [3.8, 4) is 11.4 Å². The quantitative estimate of drug-likeness (QED) is 0.505. The Morgan fingerprint density at radius 2 is 1.94 bits per heavy atom. The second-order valence-electron chi connectivity index (χ2n) is 8.27. The summed E-state index contributed by atoms with van der Waals surface area (Å²) in [7, 11) is 0. The van der Waals surface area contributed by atoms with E-state index in [4.69, 9.17) is 9.84 Å². The van der Waals surface area contributed by atoms with E-state index < -0.39 is 11.9 Å². The number of hydrogen-bond donors (Lipinski definition) is 2. The van der Waals surface area contributed by atoms with E-state index in [1.807, 2.05) is 24.3 Å². The predicted molar refractivity (Wildman–Crippen MR) is 119 cm³/mol. The Balaban J connectivity index is 1.28. The van der Waals surface area contributed by atoms with Crippen LogP contribution in [0.2, 0.25) is 0 Å². The van der Waals surface area contributed by atoms with E-state index in [1.165, 1.54) is 4.90 Å². The Morgan fingerprint density at radius 3 is 2.71 bits per heavy atom. The Morgan fingerprint density at radius 1 is 1.12 bits per heavy atom. The minimum atomic E-state index is -0.672. The van der Waals surface area contributed by atoms with Crippen LogP contribution in [-0.2, 0) is 29.2 Å². The molecule has 0 spiro atoms. The van der Waals surface area contributed by atoms with Crippen molar-refractivity contribution in [2.24, 2.45) is 0 Å². The molecule has 2 N–H and O–H groups in total. The Kier molecular flexibility index (Phi) is 5.81. The number of carbonyl (C=O) groups excluding carboxylic acids is 3. The molecule has 2 aliphatic rings. The van der Waals surface area contributed by atoms with Gasteiger partial charge >= 0.3 is 0 Å². The first kappa shape index (κ1) is 21.8. The molecular formula is C24H23N5O5. The number of benzene rings is 2. The number of ether oxygens (including phenoxy) is 1. The van der Waals surface area contributed by atoms with Crippen molar-refractivity contribution in [1.29, 1.82) is 0 Å². The fourth-order valence-corrected chi connectivity index (χ4v) is 4.28. The first-order valence-corrected chi connectivity index (χ1v) is 11.0. The molecule has 5 rings (SSSR count). The van der Waals surface area contributed by atoms with Crippen molar-refractivity contribution in [3.63, 3.8) is 0 Å². The van der Waals surface area contributed by atoms with E-state index in [1.54, 1.807) is 29.1 Å². The van der Waals surface area contributed by atoms with E-state index in [2.05, 4.69) is 15.6 Å². The Labute approximate surface area is 195 Å². The summed E-state index contributed by atoms with van der Waals surface area (Å²) in [5.74, 6) is -0.460. The van der Waals surface area contributed by atoms with Gasteiger partial charge in [-0.05, 0) is 42.7 Å². The van der Waals surface area contributed by atoms with Crippen LogP contribution in [0.25, 0.3) is 5.69 Å². The Hall–Kier alpha value is -4.05. The third kappa shape index (κ3) is 4.15. The summed E-state index contributed by atoms with van der Waals surface area (Å²) in [4.78, 5) is 38.2. The van der Waals surface area contributed by atoms with Gasteiger partial charge in [0.1, 0.15) is 24.1 Å². The molecule has 0 saturated carbocycles. The number of aromatic nitrogens is 3. The molecule has 1 unspecified atom stereocenters. The molecule has 1 saturated heterocycles. The number of nitrogens with one attached hydrogen (secondary N) is 1. The molecule has 10 nitrogen and oxygen atoms in total. The summed E-state index contributed by atoms with van der Waals surface area (Å²) in [6.45, 7) is 0.499. The summed E-state index contributed by atoms with van der Waals surface area (Å²) >= 11 is 0. The monoisotopic (exact) mass is 461 g/mol. The molecule has 10 heteroatoms. The standard InChI is InChI=1S/C24H23N5O5/c30-11-10-15-4-6-17(7-5-15)29-12-16(26-27-29)14-34-21-3-1-2-18-19(21)13-28(24(18)33)20-8-9-22(31)25-23(20)32/h1-7,12,20,30H,8-11,13-14H2,(H,25,31,32). The lowest BCUT2D eigenvalue weighted by molar-refractivity contribution is -0.136. The summed E-state index contributed by atoms with van der Waals surface area (Å²) in [6, 6.07) is 12.2. The van der Waals surface area contributed by atoms with Crippen LogP contribution in [0.5, 0.6) is 5.75 Å². The first-order chi connectivity index (χ1) is 16.5. The number of carbonyl (C=O) groups is 3. The fourth-order valence-electron chi connectivity index (χ4n) is 4.28. The smallest absolute Gasteiger partial charge is 0.255 e. The van der Waals surface area contributed by atoms with E-state index in [-0.39, 0.29) is 38.0 Å². The molecule has 3 amide bonds. The minimum Gasteiger partial charge on any atom is -0.487 e. The van der Waals surface area contributed by atoms with Gasteiger partial charge in [0.25, 0.3) is 5.91 Å². The van der Waals surface area contributed by atoms with Crippen molar-refractivity contribution in [1.82, 2.24) is 25.2 Å². The largest absolute Gasteiger partial charge is 0.487 e. The maximum Gasteiger partial charge on any atom is 0.255 e. The van der Waals surface area contributed by atoms with E-state index in [9.17, 15) is 14.4 Å². The van der Waals surface area contributed by atoms with Crippen LogP contribution in [0.4, 0.5) is 0 Å². The molecule has 3 aromatic rings. The molecule has 0 bridgehead atoms. The molecule has 34 heavy (non-hydrogen) atoms. The maximum atomic E-state index is 12.9. The number of amides is 3. The first-order valence-electron chi connectivity index (χ1n) is 11.0. The van der Waals surface area contributed by atoms with Gasteiger partial charge in [0.15, 0.2) is 0 Å². The molecule has 174 valence electrons.